The molecule has 88 valence electrons. The molecule has 1 aliphatic rings. The number of halogens is 2. The third-order valence-electron chi connectivity index (χ3n) is 2.85. The molecule has 0 aromatic carbocycles. The van der Waals surface area contributed by atoms with Gasteiger partial charge in [0.2, 0.25) is 5.88 Å². The molecule has 4 heteroatoms. The first-order chi connectivity index (χ1) is 7.75. The van der Waals surface area contributed by atoms with Gasteiger partial charge in [-0.25, -0.2) is 4.98 Å². The van der Waals surface area contributed by atoms with Crippen LogP contribution >= 0.6 is 27.5 Å². The quantitative estimate of drug-likeness (QED) is 0.745. The molecule has 16 heavy (non-hydrogen) atoms. The van der Waals surface area contributed by atoms with Gasteiger partial charge in [0.15, 0.2) is 0 Å². The molecule has 0 unspecified atom stereocenters. The second kappa shape index (κ2) is 5.87. The minimum atomic E-state index is 0.286. The average molecular weight is 305 g/mol. The van der Waals surface area contributed by atoms with Gasteiger partial charge in [0.05, 0.1) is 0 Å². The van der Waals surface area contributed by atoms with Crippen LogP contribution < -0.4 is 4.74 Å². The summed E-state index contributed by atoms with van der Waals surface area (Å²) in [7, 11) is 0. The van der Waals surface area contributed by atoms with Crippen molar-refractivity contribution >= 4 is 27.5 Å². The van der Waals surface area contributed by atoms with Crippen LogP contribution in [0, 0.1) is 0 Å². The fourth-order valence-corrected chi connectivity index (χ4v) is 2.68. The second-order valence-electron chi connectivity index (χ2n) is 4.17. The normalized spacial score (nSPS) is 18.1. The van der Waals surface area contributed by atoms with E-state index in [1.807, 2.05) is 6.07 Å². The molecule has 1 aromatic rings. The zero-order valence-electron chi connectivity index (χ0n) is 9.09. The van der Waals surface area contributed by atoms with E-state index in [9.17, 15) is 0 Å². The van der Waals surface area contributed by atoms with Gasteiger partial charge in [0.1, 0.15) is 11.1 Å². The summed E-state index contributed by atoms with van der Waals surface area (Å²) in [5.74, 6) is 0.566. The molecule has 1 aromatic heterocycles. The molecule has 1 fully saturated rings. The molecule has 0 N–H and O–H groups in total. The lowest BCUT2D eigenvalue weighted by molar-refractivity contribution is 0.176. The molecule has 0 aliphatic heterocycles. The Labute approximate surface area is 109 Å². The zero-order valence-corrected chi connectivity index (χ0v) is 11.4. The highest BCUT2D eigenvalue weighted by atomic mass is 79.9. The summed E-state index contributed by atoms with van der Waals surface area (Å²) in [5, 5.41) is 0.582. The Morgan fingerprint density at radius 1 is 1.25 bits per heavy atom. The van der Waals surface area contributed by atoms with Crippen molar-refractivity contribution in [3.05, 3.63) is 21.8 Å². The predicted octanol–water partition coefficient (Wildman–Crippen LogP) is 4.60. The van der Waals surface area contributed by atoms with Crippen LogP contribution in [0.15, 0.2) is 16.7 Å². The molecule has 0 radical (unpaired) electrons. The van der Waals surface area contributed by atoms with Gasteiger partial charge in [-0.1, -0.05) is 24.4 Å². The lowest BCUT2D eigenvalue weighted by Crippen LogP contribution is -2.16. The molecule has 1 saturated carbocycles. The number of ether oxygens (including phenoxy) is 1. The number of hydrogen-bond acceptors (Lipinski definition) is 2. The standard InChI is InChI=1S/C12H15BrClNO/c13-9-7-11(14)12(15-8-9)16-10-5-3-1-2-4-6-10/h7-8,10H,1-6H2. The molecule has 0 spiro atoms. The van der Waals surface area contributed by atoms with Crippen molar-refractivity contribution in [1.29, 1.82) is 0 Å². The molecule has 0 atom stereocenters. The van der Waals surface area contributed by atoms with Crippen LogP contribution in [-0.2, 0) is 0 Å². The topological polar surface area (TPSA) is 22.1 Å². The molecule has 0 amide bonds. The van der Waals surface area contributed by atoms with Crippen molar-refractivity contribution < 1.29 is 4.74 Å². The van der Waals surface area contributed by atoms with E-state index in [-0.39, 0.29) is 6.10 Å². The van der Waals surface area contributed by atoms with Crippen LogP contribution in [-0.4, -0.2) is 11.1 Å². The van der Waals surface area contributed by atoms with Crippen molar-refractivity contribution in [1.82, 2.24) is 4.98 Å². The van der Waals surface area contributed by atoms with Crippen LogP contribution in [0.4, 0.5) is 0 Å². The van der Waals surface area contributed by atoms with Crippen molar-refractivity contribution in [2.75, 3.05) is 0 Å². The van der Waals surface area contributed by atoms with Crippen LogP contribution in [0.25, 0.3) is 0 Å². The van der Waals surface area contributed by atoms with Gasteiger partial charge < -0.3 is 4.74 Å². The summed E-state index contributed by atoms with van der Waals surface area (Å²) < 4.78 is 6.74. The van der Waals surface area contributed by atoms with Gasteiger partial charge in [-0.05, 0) is 47.7 Å². The fraction of sp³-hybridized carbons (Fsp3) is 0.583. The number of aromatic nitrogens is 1. The summed E-state index contributed by atoms with van der Waals surface area (Å²) in [6.45, 7) is 0. The summed E-state index contributed by atoms with van der Waals surface area (Å²) >= 11 is 9.40. The van der Waals surface area contributed by atoms with E-state index in [2.05, 4.69) is 20.9 Å². The van der Waals surface area contributed by atoms with Gasteiger partial charge in [0, 0.05) is 10.7 Å². The van der Waals surface area contributed by atoms with Gasteiger partial charge >= 0.3 is 0 Å². The third kappa shape index (κ3) is 3.36. The number of pyridine rings is 1. The number of hydrogen-bond donors (Lipinski definition) is 0. The SMILES string of the molecule is Clc1cc(Br)cnc1OC1CCCCCC1. The molecule has 2 rings (SSSR count). The molecule has 0 bridgehead atoms. The molecular weight excluding hydrogens is 289 g/mol. The maximum Gasteiger partial charge on any atom is 0.232 e. The second-order valence-corrected chi connectivity index (χ2v) is 5.49. The Balaban J connectivity index is 2.01. The molecule has 1 aliphatic carbocycles. The first-order valence-electron chi connectivity index (χ1n) is 5.73. The lowest BCUT2D eigenvalue weighted by atomic mass is 10.1. The Hall–Kier alpha value is -0.280. The highest BCUT2D eigenvalue weighted by Gasteiger charge is 2.15. The summed E-state index contributed by atoms with van der Waals surface area (Å²) in [4.78, 5) is 4.20. The van der Waals surface area contributed by atoms with Crippen molar-refractivity contribution in [3.63, 3.8) is 0 Å². The Morgan fingerprint density at radius 3 is 2.56 bits per heavy atom. The lowest BCUT2D eigenvalue weighted by Gasteiger charge is -2.16. The van der Waals surface area contributed by atoms with Crippen LogP contribution in [0.2, 0.25) is 5.02 Å². The molecular formula is C12H15BrClNO. The van der Waals surface area contributed by atoms with E-state index in [4.69, 9.17) is 16.3 Å². The highest BCUT2D eigenvalue weighted by Crippen LogP contribution is 2.28. The Bertz CT molecular complexity index is 351. The molecule has 0 saturated heterocycles. The maximum absolute atomic E-state index is 6.07. The molecule has 2 nitrogen and oxygen atoms in total. The minimum absolute atomic E-state index is 0.286. The smallest absolute Gasteiger partial charge is 0.232 e. The van der Waals surface area contributed by atoms with Crippen LogP contribution in [0.3, 0.4) is 0 Å². The fourth-order valence-electron chi connectivity index (χ4n) is 2.01. The van der Waals surface area contributed by atoms with Crippen LogP contribution in [0.5, 0.6) is 5.88 Å². The van der Waals surface area contributed by atoms with E-state index in [0.717, 1.165) is 17.3 Å². The first-order valence-corrected chi connectivity index (χ1v) is 6.90. The van der Waals surface area contributed by atoms with Crippen molar-refractivity contribution in [2.45, 2.75) is 44.6 Å². The van der Waals surface area contributed by atoms with E-state index < -0.39 is 0 Å². The Morgan fingerprint density at radius 2 is 1.94 bits per heavy atom. The maximum atomic E-state index is 6.07. The van der Waals surface area contributed by atoms with Gasteiger partial charge in [-0.3, -0.25) is 0 Å². The number of rotatable bonds is 2. The largest absolute Gasteiger partial charge is 0.473 e. The van der Waals surface area contributed by atoms with Gasteiger partial charge in [-0.2, -0.15) is 0 Å². The Kier molecular flexibility index (Phi) is 4.47. The van der Waals surface area contributed by atoms with Crippen LogP contribution in [0.1, 0.15) is 38.5 Å². The molecule has 1 heterocycles. The zero-order chi connectivity index (χ0) is 11.4. The first kappa shape index (κ1) is 12.2. The van der Waals surface area contributed by atoms with Crippen molar-refractivity contribution in [2.24, 2.45) is 0 Å². The van der Waals surface area contributed by atoms with E-state index in [0.29, 0.717) is 10.9 Å². The third-order valence-corrected chi connectivity index (χ3v) is 3.56. The monoisotopic (exact) mass is 303 g/mol. The van der Waals surface area contributed by atoms with E-state index >= 15 is 0 Å². The average Bonchev–Trinajstić information content (AvgIpc) is 2.51. The van der Waals surface area contributed by atoms with Gasteiger partial charge in [0.25, 0.3) is 0 Å². The van der Waals surface area contributed by atoms with Crippen molar-refractivity contribution in [3.8, 4) is 5.88 Å². The van der Waals surface area contributed by atoms with E-state index in [1.54, 1.807) is 6.20 Å². The summed E-state index contributed by atoms with van der Waals surface area (Å²) in [6, 6.07) is 1.82. The van der Waals surface area contributed by atoms with E-state index in [1.165, 1.54) is 25.7 Å². The van der Waals surface area contributed by atoms with Gasteiger partial charge in [-0.15, -0.1) is 0 Å². The minimum Gasteiger partial charge on any atom is -0.473 e. The highest BCUT2D eigenvalue weighted by molar-refractivity contribution is 9.10. The summed E-state index contributed by atoms with van der Waals surface area (Å²) in [5.41, 5.74) is 0. The number of nitrogens with zero attached hydrogens (tertiary/aromatic N) is 1. The summed E-state index contributed by atoms with van der Waals surface area (Å²) in [6.07, 6.45) is 9.38. The predicted molar refractivity (Wildman–Crippen MR) is 69.1 cm³/mol.